The zero-order chi connectivity index (χ0) is 22.2. The zero-order valence-electron chi connectivity index (χ0n) is 17.7. The third kappa shape index (κ3) is 6.08. The van der Waals surface area contributed by atoms with Crippen molar-refractivity contribution in [3.05, 3.63) is 60.2 Å². The van der Waals surface area contributed by atoms with Crippen molar-refractivity contribution in [3.8, 4) is 17.1 Å². The summed E-state index contributed by atoms with van der Waals surface area (Å²) < 4.78 is 7.50. The summed E-state index contributed by atoms with van der Waals surface area (Å²) in [6.45, 7) is 6.53. The number of thioether (sulfide) groups is 1. The van der Waals surface area contributed by atoms with E-state index in [4.69, 9.17) is 4.74 Å². The number of carbonyl (C=O) groups is 2. The number of rotatable bonds is 8. The van der Waals surface area contributed by atoms with Crippen LogP contribution in [0.1, 0.15) is 31.1 Å². The summed E-state index contributed by atoms with van der Waals surface area (Å²) in [4.78, 5) is 24.4. The van der Waals surface area contributed by atoms with Gasteiger partial charge in [0.15, 0.2) is 11.0 Å². The molecule has 0 saturated carbocycles. The molecule has 2 amide bonds. The third-order valence-corrected chi connectivity index (χ3v) is 5.17. The smallest absolute Gasteiger partial charge is 0.269 e. The first-order chi connectivity index (χ1) is 15.0. The number of hydrogen-bond acceptors (Lipinski definition) is 6. The average Bonchev–Trinajstić information content (AvgIpc) is 3.19. The molecule has 3 aromatic rings. The first-order valence-electron chi connectivity index (χ1n) is 9.95. The van der Waals surface area contributed by atoms with Gasteiger partial charge in [-0.15, -0.1) is 10.2 Å². The molecule has 31 heavy (non-hydrogen) atoms. The van der Waals surface area contributed by atoms with Crippen LogP contribution in [-0.4, -0.2) is 38.4 Å². The second-order valence-corrected chi connectivity index (χ2v) is 7.84. The molecular weight excluding hydrogens is 414 g/mol. The van der Waals surface area contributed by atoms with E-state index in [1.54, 1.807) is 24.3 Å². The lowest BCUT2D eigenvalue weighted by Gasteiger charge is -2.11. The van der Waals surface area contributed by atoms with Crippen molar-refractivity contribution >= 4 is 23.6 Å². The Bertz CT molecular complexity index is 1020. The molecule has 162 valence electrons. The van der Waals surface area contributed by atoms with Crippen molar-refractivity contribution in [2.75, 3.05) is 5.75 Å². The number of nitrogens with zero attached hydrogens (tertiary/aromatic N) is 3. The van der Waals surface area contributed by atoms with Gasteiger partial charge in [0.2, 0.25) is 5.91 Å². The maximum Gasteiger partial charge on any atom is 0.269 e. The number of amides is 2. The minimum atomic E-state index is -0.405. The number of ether oxygens (including phenoxy) is 1. The zero-order valence-corrected chi connectivity index (χ0v) is 18.5. The second-order valence-electron chi connectivity index (χ2n) is 6.90. The Labute approximate surface area is 185 Å². The largest absolute Gasteiger partial charge is 0.491 e. The van der Waals surface area contributed by atoms with Crippen LogP contribution in [0, 0.1) is 0 Å². The molecule has 0 saturated heterocycles. The molecule has 0 bridgehead atoms. The fraction of sp³-hybridized carbons (Fsp3) is 0.273. The summed E-state index contributed by atoms with van der Waals surface area (Å²) in [5.41, 5.74) is 6.23. The number of nitrogens with one attached hydrogen (secondary N) is 2. The molecular formula is C22H25N5O3S. The number of hydrogen-bond donors (Lipinski definition) is 2. The van der Waals surface area contributed by atoms with Gasteiger partial charge < -0.3 is 9.30 Å². The van der Waals surface area contributed by atoms with Gasteiger partial charge in [0, 0.05) is 17.7 Å². The molecule has 0 fully saturated rings. The Morgan fingerprint density at radius 3 is 2.39 bits per heavy atom. The second kappa shape index (κ2) is 10.6. The van der Waals surface area contributed by atoms with Crippen molar-refractivity contribution in [1.29, 1.82) is 0 Å². The lowest BCUT2D eigenvalue weighted by atomic mass is 10.2. The fourth-order valence-corrected chi connectivity index (χ4v) is 3.61. The predicted octanol–water partition coefficient (Wildman–Crippen LogP) is 3.31. The Balaban J connectivity index is 1.51. The van der Waals surface area contributed by atoms with Gasteiger partial charge in [-0.2, -0.15) is 0 Å². The molecule has 0 radical (unpaired) electrons. The van der Waals surface area contributed by atoms with Crippen LogP contribution in [-0.2, 0) is 11.3 Å². The molecule has 0 aliphatic heterocycles. The monoisotopic (exact) mass is 439 g/mol. The van der Waals surface area contributed by atoms with Gasteiger partial charge in [0.25, 0.3) is 5.91 Å². The molecule has 8 nitrogen and oxygen atoms in total. The van der Waals surface area contributed by atoms with E-state index >= 15 is 0 Å². The highest BCUT2D eigenvalue weighted by Crippen LogP contribution is 2.23. The number of benzene rings is 2. The minimum Gasteiger partial charge on any atom is -0.491 e. The number of carbonyl (C=O) groups excluding carboxylic acids is 2. The Hall–Kier alpha value is -3.33. The first kappa shape index (κ1) is 22.4. The van der Waals surface area contributed by atoms with E-state index in [0.717, 1.165) is 11.4 Å². The topological polar surface area (TPSA) is 98.1 Å². The van der Waals surface area contributed by atoms with Crippen molar-refractivity contribution in [2.24, 2.45) is 0 Å². The molecule has 2 N–H and O–H groups in total. The maximum absolute atomic E-state index is 12.2. The summed E-state index contributed by atoms with van der Waals surface area (Å²) in [5.74, 6) is 0.780. The van der Waals surface area contributed by atoms with Gasteiger partial charge in [0.1, 0.15) is 5.75 Å². The maximum atomic E-state index is 12.2. The van der Waals surface area contributed by atoms with Gasteiger partial charge >= 0.3 is 0 Å². The van der Waals surface area contributed by atoms with Crippen LogP contribution >= 0.6 is 11.8 Å². The van der Waals surface area contributed by atoms with Crippen molar-refractivity contribution in [2.45, 2.75) is 38.6 Å². The van der Waals surface area contributed by atoms with Crippen molar-refractivity contribution < 1.29 is 14.3 Å². The Morgan fingerprint density at radius 2 is 1.74 bits per heavy atom. The molecule has 0 unspecified atom stereocenters. The van der Waals surface area contributed by atoms with Crippen LogP contribution in [0.5, 0.6) is 5.75 Å². The van der Waals surface area contributed by atoms with Crippen LogP contribution in [0.25, 0.3) is 11.4 Å². The van der Waals surface area contributed by atoms with Gasteiger partial charge in [0.05, 0.1) is 11.9 Å². The van der Waals surface area contributed by atoms with Crippen LogP contribution in [0.2, 0.25) is 0 Å². The molecule has 1 aromatic heterocycles. The van der Waals surface area contributed by atoms with E-state index in [2.05, 4.69) is 21.0 Å². The molecule has 0 aliphatic rings. The molecule has 3 rings (SSSR count). The fourth-order valence-electron chi connectivity index (χ4n) is 2.80. The normalized spacial score (nSPS) is 10.7. The van der Waals surface area contributed by atoms with Crippen LogP contribution in [0.4, 0.5) is 0 Å². The third-order valence-electron chi connectivity index (χ3n) is 4.20. The molecule has 2 aromatic carbocycles. The SMILES string of the molecule is CCn1c(SCC(=O)NNC(=O)c2ccc(OC(C)C)cc2)nnc1-c1ccccc1. The molecule has 0 atom stereocenters. The average molecular weight is 440 g/mol. The van der Waals surface area contributed by atoms with Gasteiger partial charge in [-0.05, 0) is 45.0 Å². The molecule has 1 heterocycles. The Morgan fingerprint density at radius 1 is 1.03 bits per heavy atom. The predicted molar refractivity (Wildman–Crippen MR) is 120 cm³/mol. The van der Waals surface area contributed by atoms with E-state index in [9.17, 15) is 9.59 Å². The summed E-state index contributed by atoms with van der Waals surface area (Å²) in [6.07, 6.45) is 0.0544. The summed E-state index contributed by atoms with van der Waals surface area (Å²) in [7, 11) is 0. The van der Waals surface area contributed by atoms with E-state index in [0.29, 0.717) is 23.0 Å². The summed E-state index contributed by atoms with van der Waals surface area (Å²) in [6, 6.07) is 16.5. The van der Waals surface area contributed by atoms with Gasteiger partial charge in [-0.1, -0.05) is 42.1 Å². The summed E-state index contributed by atoms with van der Waals surface area (Å²) >= 11 is 1.26. The van der Waals surface area contributed by atoms with E-state index in [-0.39, 0.29) is 17.8 Å². The highest BCUT2D eigenvalue weighted by atomic mass is 32.2. The van der Waals surface area contributed by atoms with E-state index < -0.39 is 5.91 Å². The first-order valence-corrected chi connectivity index (χ1v) is 10.9. The molecule has 0 aliphatic carbocycles. The lowest BCUT2D eigenvalue weighted by Crippen LogP contribution is -2.42. The lowest BCUT2D eigenvalue weighted by molar-refractivity contribution is -0.119. The van der Waals surface area contributed by atoms with Crippen molar-refractivity contribution in [1.82, 2.24) is 25.6 Å². The van der Waals surface area contributed by atoms with Gasteiger partial charge in [-0.3, -0.25) is 20.4 Å². The Kier molecular flexibility index (Phi) is 7.66. The van der Waals surface area contributed by atoms with Crippen LogP contribution in [0.15, 0.2) is 59.8 Å². The highest BCUT2D eigenvalue weighted by molar-refractivity contribution is 7.99. The number of hydrazine groups is 1. The minimum absolute atomic E-state index is 0.0544. The quantitative estimate of drug-likeness (QED) is 0.413. The van der Waals surface area contributed by atoms with E-state index in [1.807, 2.05) is 55.7 Å². The van der Waals surface area contributed by atoms with E-state index in [1.165, 1.54) is 11.8 Å². The number of aromatic nitrogens is 3. The van der Waals surface area contributed by atoms with Crippen LogP contribution in [0.3, 0.4) is 0 Å². The van der Waals surface area contributed by atoms with Crippen LogP contribution < -0.4 is 15.6 Å². The van der Waals surface area contributed by atoms with Crippen molar-refractivity contribution in [3.63, 3.8) is 0 Å². The van der Waals surface area contributed by atoms with Gasteiger partial charge in [-0.25, -0.2) is 0 Å². The molecule has 0 spiro atoms. The molecule has 9 heteroatoms. The summed E-state index contributed by atoms with van der Waals surface area (Å²) in [5, 5.41) is 9.10. The standard InChI is InChI=1S/C22H25N5O3S/c1-4-27-20(16-8-6-5-7-9-16)24-26-22(27)31-14-19(28)23-25-21(29)17-10-12-18(13-11-17)30-15(2)3/h5-13,15H,4,14H2,1-3H3,(H,23,28)(H,25,29). The highest BCUT2D eigenvalue weighted by Gasteiger charge is 2.15.